The van der Waals surface area contributed by atoms with Gasteiger partial charge in [0.15, 0.2) is 11.5 Å². The number of aliphatic imine (C=N–C) groups is 1. The zero-order valence-electron chi connectivity index (χ0n) is 16.9. The van der Waals surface area contributed by atoms with E-state index in [0.717, 1.165) is 49.2 Å². The number of rotatable bonds is 3. The Labute approximate surface area is 167 Å². The van der Waals surface area contributed by atoms with E-state index in [-0.39, 0.29) is 17.5 Å². The van der Waals surface area contributed by atoms with Crippen LogP contribution >= 0.6 is 0 Å². The molecule has 0 aromatic heterocycles. The van der Waals surface area contributed by atoms with Gasteiger partial charge in [-0.1, -0.05) is 42.0 Å². The van der Waals surface area contributed by atoms with Crippen molar-refractivity contribution < 1.29 is 9.84 Å². The Kier molecular flexibility index (Phi) is 5.13. The van der Waals surface area contributed by atoms with Gasteiger partial charge >= 0.3 is 0 Å². The number of hydrogen-bond acceptors (Lipinski definition) is 5. The van der Waals surface area contributed by atoms with Crippen LogP contribution in [0.4, 0.5) is 0 Å². The zero-order valence-corrected chi connectivity index (χ0v) is 16.9. The van der Waals surface area contributed by atoms with Gasteiger partial charge < -0.3 is 14.7 Å². The van der Waals surface area contributed by atoms with E-state index in [0.29, 0.717) is 5.75 Å². The molecule has 0 saturated carbocycles. The number of nitrogens with zero attached hydrogens (tertiary/aromatic N) is 2. The van der Waals surface area contributed by atoms with Crippen molar-refractivity contribution in [3.05, 3.63) is 59.2 Å². The number of ether oxygens (including phenoxy) is 1. The summed E-state index contributed by atoms with van der Waals surface area (Å²) in [5.74, 6) is 0.729. The molecule has 0 bridgehead atoms. The summed E-state index contributed by atoms with van der Waals surface area (Å²) in [6, 6.07) is 14.3. The molecule has 2 aromatic rings. The zero-order chi connectivity index (χ0) is 19.7. The average Bonchev–Trinajstić information content (AvgIpc) is 2.71. The van der Waals surface area contributed by atoms with Crippen molar-refractivity contribution in [3.8, 4) is 11.5 Å². The van der Waals surface area contributed by atoms with Crippen LogP contribution in [0.25, 0.3) is 0 Å². The van der Waals surface area contributed by atoms with Crippen LogP contribution in [0.15, 0.2) is 47.5 Å². The van der Waals surface area contributed by atoms with E-state index in [1.807, 2.05) is 12.1 Å². The van der Waals surface area contributed by atoms with Gasteiger partial charge in [0.1, 0.15) is 5.66 Å². The standard InChI is InChI=1S/C23H29N3O2/c1-16-7-9-17(10-8-16)19-15-20(18-5-4-6-21(28-3)22(18)27)25-23(24-19)11-13-26(2)14-12-23/h4-10,20,25,27H,11-15H2,1-3H3/t20-/m1/s1. The maximum absolute atomic E-state index is 10.8. The second kappa shape index (κ2) is 7.57. The van der Waals surface area contributed by atoms with Gasteiger partial charge in [0, 0.05) is 36.8 Å². The molecule has 148 valence electrons. The molecule has 0 radical (unpaired) electrons. The molecular weight excluding hydrogens is 350 g/mol. The molecule has 1 fully saturated rings. The summed E-state index contributed by atoms with van der Waals surface area (Å²) in [5.41, 5.74) is 4.10. The predicted octanol–water partition coefficient (Wildman–Crippen LogP) is 3.65. The van der Waals surface area contributed by atoms with Crippen LogP contribution in [0, 0.1) is 6.92 Å². The lowest BCUT2D eigenvalue weighted by Crippen LogP contribution is -2.55. The molecule has 1 saturated heterocycles. The quantitative estimate of drug-likeness (QED) is 0.855. The molecule has 2 aromatic carbocycles. The fourth-order valence-corrected chi connectivity index (χ4v) is 4.25. The van der Waals surface area contributed by atoms with E-state index in [4.69, 9.17) is 9.73 Å². The van der Waals surface area contributed by atoms with Crippen molar-refractivity contribution in [3.63, 3.8) is 0 Å². The Morgan fingerprint density at radius 2 is 1.86 bits per heavy atom. The normalized spacial score (nSPS) is 22.1. The minimum atomic E-state index is -0.287. The summed E-state index contributed by atoms with van der Waals surface area (Å²) < 4.78 is 5.34. The second-order valence-electron chi connectivity index (χ2n) is 8.06. The lowest BCUT2D eigenvalue weighted by molar-refractivity contribution is 0.144. The van der Waals surface area contributed by atoms with Crippen molar-refractivity contribution in [2.24, 2.45) is 4.99 Å². The molecule has 1 atom stereocenters. The number of hydrogen-bond donors (Lipinski definition) is 2. The Bertz CT molecular complexity index is 868. The summed E-state index contributed by atoms with van der Waals surface area (Å²) in [6.45, 7) is 4.12. The highest BCUT2D eigenvalue weighted by Crippen LogP contribution is 2.40. The highest BCUT2D eigenvalue weighted by atomic mass is 16.5. The maximum atomic E-state index is 10.8. The van der Waals surface area contributed by atoms with Gasteiger partial charge in [-0.05, 0) is 38.4 Å². The number of likely N-dealkylation sites (tertiary alicyclic amines) is 1. The molecule has 0 amide bonds. The highest BCUT2D eigenvalue weighted by Gasteiger charge is 2.40. The minimum absolute atomic E-state index is 0.00712. The molecule has 0 unspecified atom stereocenters. The summed E-state index contributed by atoms with van der Waals surface area (Å²) >= 11 is 0. The summed E-state index contributed by atoms with van der Waals surface area (Å²) in [4.78, 5) is 7.57. The average molecular weight is 380 g/mol. The van der Waals surface area contributed by atoms with Crippen molar-refractivity contribution >= 4 is 5.71 Å². The molecule has 0 aliphatic carbocycles. The van der Waals surface area contributed by atoms with Crippen LogP contribution in [0.3, 0.4) is 0 Å². The Balaban J connectivity index is 1.74. The summed E-state index contributed by atoms with van der Waals surface area (Å²) in [5, 5.41) is 14.5. The number of phenols is 1. The first-order valence-corrected chi connectivity index (χ1v) is 9.97. The van der Waals surface area contributed by atoms with Gasteiger partial charge in [0.25, 0.3) is 0 Å². The molecule has 2 heterocycles. The fraction of sp³-hybridized carbons (Fsp3) is 0.435. The van der Waals surface area contributed by atoms with Crippen LogP contribution in [0.5, 0.6) is 11.5 Å². The van der Waals surface area contributed by atoms with Gasteiger partial charge in [-0.3, -0.25) is 10.3 Å². The number of aryl methyl sites for hydroxylation is 1. The first kappa shape index (κ1) is 19.0. The third-order valence-electron chi connectivity index (χ3n) is 6.01. The highest BCUT2D eigenvalue weighted by molar-refractivity contribution is 6.01. The monoisotopic (exact) mass is 379 g/mol. The van der Waals surface area contributed by atoms with Gasteiger partial charge in [-0.15, -0.1) is 0 Å². The number of phenolic OH excluding ortho intramolecular Hbond substituents is 1. The SMILES string of the molecule is COc1cccc([C@H]2CC(c3ccc(C)cc3)=NC3(CCN(C)CC3)N2)c1O. The summed E-state index contributed by atoms with van der Waals surface area (Å²) in [6.07, 6.45) is 2.65. The number of piperidine rings is 1. The number of methoxy groups -OCH3 is 1. The van der Waals surface area contributed by atoms with E-state index in [9.17, 15) is 5.11 Å². The molecule has 2 aliphatic rings. The second-order valence-corrected chi connectivity index (χ2v) is 8.06. The molecule has 2 aliphatic heterocycles. The molecule has 5 nitrogen and oxygen atoms in total. The largest absolute Gasteiger partial charge is 0.504 e. The Morgan fingerprint density at radius 1 is 1.14 bits per heavy atom. The van der Waals surface area contributed by atoms with E-state index in [2.05, 4.69) is 48.5 Å². The first-order chi connectivity index (χ1) is 13.5. The topological polar surface area (TPSA) is 57.1 Å². The lowest BCUT2D eigenvalue weighted by atomic mass is 9.87. The van der Waals surface area contributed by atoms with Gasteiger partial charge in [-0.25, -0.2) is 0 Å². The van der Waals surface area contributed by atoms with E-state index < -0.39 is 0 Å². The third-order valence-corrected chi connectivity index (χ3v) is 6.01. The molecule has 1 spiro atoms. The predicted molar refractivity (Wildman–Crippen MR) is 112 cm³/mol. The van der Waals surface area contributed by atoms with Gasteiger partial charge in [0.05, 0.1) is 7.11 Å². The number of aromatic hydroxyl groups is 1. The molecule has 5 heteroatoms. The molecule has 4 rings (SSSR count). The Hall–Kier alpha value is -2.37. The lowest BCUT2D eigenvalue weighted by Gasteiger charge is -2.44. The van der Waals surface area contributed by atoms with E-state index in [1.165, 1.54) is 5.56 Å². The van der Waals surface area contributed by atoms with Gasteiger partial charge in [0.2, 0.25) is 0 Å². The van der Waals surface area contributed by atoms with Crippen molar-refractivity contribution in [2.45, 2.75) is 37.9 Å². The first-order valence-electron chi connectivity index (χ1n) is 9.97. The minimum Gasteiger partial charge on any atom is -0.504 e. The number of para-hydroxylation sites is 1. The smallest absolute Gasteiger partial charge is 0.162 e. The fourth-order valence-electron chi connectivity index (χ4n) is 4.25. The van der Waals surface area contributed by atoms with E-state index in [1.54, 1.807) is 13.2 Å². The van der Waals surface area contributed by atoms with Crippen LogP contribution in [0.2, 0.25) is 0 Å². The number of benzene rings is 2. The summed E-state index contributed by atoms with van der Waals surface area (Å²) in [7, 11) is 3.75. The molecule has 2 N–H and O–H groups in total. The van der Waals surface area contributed by atoms with Crippen LogP contribution in [0.1, 0.15) is 42.0 Å². The van der Waals surface area contributed by atoms with Crippen LogP contribution in [-0.4, -0.2) is 48.6 Å². The van der Waals surface area contributed by atoms with Gasteiger partial charge in [-0.2, -0.15) is 0 Å². The third kappa shape index (κ3) is 3.64. The van der Waals surface area contributed by atoms with Crippen molar-refractivity contribution in [2.75, 3.05) is 27.2 Å². The molecular formula is C23H29N3O2. The maximum Gasteiger partial charge on any atom is 0.162 e. The van der Waals surface area contributed by atoms with Crippen molar-refractivity contribution in [1.29, 1.82) is 0 Å². The Morgan fingerprint density at radius 3 is 2.54 bits per heavy atom. The van der Waals surface area contributed by atoms with Crippen LogP contribution in [-0.2, 0) is 0 Å². The van der Waals surface area contributed by atoms with Crippen LogP contribution < -0.4 is 10.1 Å². The van der Waals surface area contributed by atoms with Crippen molar-refractivity contribution in [1.82, 2.24) is 10.2 Å². The molecule has 28 heavy (non-hydrogen) atoms. The number of nitrogens with one attached hydrogen (secondary N) is 1. The van der Waals surface area contributed by atoms with E-state index >= 15 is 0 Å².